The smallest absolute Gasteiger partial charge is 0.846 e. The first-order valence-corrected chi connectivity index (χ1v) is 8.50. The molecule has 2 aliphatic heterocycles. The van der Waals surface area contributed by atoms with Gasteiger partial charge in [0, 0.05) is 0 Å². The molecule has 11 heteroatoms. The zero-order chi connectivity index (χ0) is 19.7. The Labute approximate surface area is 186 Å². The van der Waals surface area contributed by atoms with Crippen LogP contribution >= 0.6 is 0 Å². The van der Waals surface area contributed by atoms with Gasteiger partial charge in [-0.25, -0.2) is 9.98 Å². The fourth-order valence-corrected chi connectivity index (χ4v) is 2.35. The molecule has 0 spiro atoms. The van der Waals surface area contributed by atoms with Crippen molar-refractivity contribution in [3.8, 4) is 0 Å². The van der Waals surface area contributed by atoms with Crippen molar-refractivity contribution in [2.45, 2.75) is 52.4 Å². The largest absolute Gasteiger partial charge is 2.00 e. The van der Waals surface area contributed by atoms with Gasteiger partial charge in [0.25, 0.3) is 11.8 Å². The molecule has 0 saturated heterocycles. The maximum Gasteiger partial charge on any atom is 2.00 e. The molecule has 2 aliphatic rings. The summed E-state index contributed by atoms with van der Waals surface area (Å²) in [7, 11) is 0. The van der Waals surface area contributed by atoms with E-state index in [0.29, 0.717) is 12.8 Å². The van der Waals surface area contributed by atoms with Crippen LogP contribution in [0.3, 0.4) is 0 Å². The summed E-state index contributed by atoms with van der Waals surface area (Å²) in [4.78, 5) is 50.7. The molecule has 2 atom stereocenters. The van der Waals surface area contributed by atoms with Gasteiger partial charge in [0.1, 0.15) is 11.8 Å². The first-order chi connectivity index (χ1) is 12.3. The summed E-state index contributed by atoms with van der Waals surface area (Å²) in [5.74, 6) is -3.75. The molecule has 4 amide bonds. The Bertz CT molecular complexity index is 580. The van der Waals surface area contributed by atoms with Crippen molar-refractivity contribution in [2.75, 3.05) is 0 Å². The zero-order valence-electron chi connectivity index (χ0n) is 15.4. The number of nitrogens with zero attached hydrogens (tertiary/aromatic N) is 2. The predicted octanol–water partition coefficient (Wildman–Crippen LogP) is -2.05. The Kier molecular flexibility index (Phi) is 12.1. The van der Waals surface area contributed by atoms with Crippen molar-refractivity contribution >= 4 is 73.4 Å². The molecule has 0 radical (unpaired) electrons. The standard InChI is InChI=1S/2C8H12N2O3.Ca/c2*1-2-3-4-5-6(11)9-8(13)10-7(5)12;/h2*5H,2-4H2,1H3,(H2,9,10,11,12,13);/q;;+2/p-2. The van der Waals surface area contributed by atoms with E-state index in [2.05, 4.69) is 9.98 Å². The Hall–Kier alpha value is -1.52. The Morgan fingerprint density at radius 2 is 1.11 bits per heavy atom. The van der Waals surface area contributed by atoms with Gasteiger partial charge in [0.05, 0.1) is 12.0 Å². The number of hydrogen-bond acceptors (Lipinski definition) is 6. The SMILES string of the molecule is CCCCC1C(=O)N=C([O-])NC1=O.CCCCC1C(=O)N=C([O-])NC1=O.[Ca+2]. The van der Waals surface area contributed by atoms with Crippen molar-refractivity contribution in [3.63, 3.8) is 0 Å². The summed E-state index contributed by atoms with van der Waals surface area (Å²) < 4.78 is 0. The van der Waals surface area contributed by atoms with E-state index < -0.39 is 47.5 Å². The summed E-state index contributed by atoms with van der Waals surface area (Å²) in [6.45, 7) is 3.93. The van der Waals surface area contributed by atoms with Crippen LogP contribution in [0.5, 0.6) is 0 Å². The van der Waals surface area contributed by atoms with Crippen molar-refractivity contribution in [3.05, 3.63) is 0 Å². The number of amides is 4. The van der Waals surface area contributed by atoms with E-state index in [0.717, 1.165) is 25.7 Å². The molecule has 10 nitrogen and oxygen atoms in total. The molecule has 0 fully saturated rings. The number of aliphatic imine (C=N–C) groups is 2. The Morgan fingerprint density at radius 1 is 0.778 bits per heavy atom. The molecule has 2 unspecified atom stereocenters. The van der Waals surface area contributed by atoms with Crippen molar-refractivity contribution in [1.82, 2.24) is 10.6 Å². The normalized spacial score (nSPS) is 21.7. The van der Waals surface area contributed by atoms with Gasteiger partial charge >= 0.3 is 37.7 Å². The van der Waals surface area contributed by atoms with Gasteiger partial charge in [0.15, 0.2) is 0 Å². The zero-order valence-corrected chi connectivity index (χ0v) is 17.7. The van der Waals surface area contributed by atoms with Crippen LogP contribution in [-0.2, 0) is 19.2 Å². The number of amidine groups is 2. The minimum absolute atomic E-state index is 0. The van der Waals surface area contributed by atoms with Crippen LogP contribution in [0.25, 0.3) is 0 Å². The Balaban J connectivity index is 0.000000483. The van der Waals surface area contributed by atoms with Gasteiger partial charge in [-0.3, -0.25) is 19.2 Å². The number of nitrogens with one attached hydrogen (secondary N) is 2. The van der Waals surface area contributed by atoms with Gasteiger partial charge in [-0.1, -0.05) is 39.5 Å². The van der Waals surface area contributed by atoms with Crippen LogP contribution in [-0.4, -0.2) is 73.4 Å². The monoisotopic (exact) mass is 406 g/mol. The summed E-state index contributed by atoms with van der Waals surface area (Å²) in [6, 6.07) is -1.69. The molecule has 0 aromatic heterocycles. The molecule has 144 valence electrons. The summed E-state index contributed by atoms with van der Waals surface area (Å²) in [5.41, 5.74) is 0. The number of carbonyl (C=O) groups is 4. The van der Waals surface area contributed by atoms with Crippen LogP contribution < -0.4 is 20.8 Å². The molecule has 0 aromatic carbocycles. The van der Waals surface area contributed by atoms with Crippen LogP contribution in [0.4, 0.5) is 0 Å². The van der Waals surface area contributed by atoms with Gasteiger partial charge in [-0.15, -0.1) is 0 Å². The van der Waals surface area contributed by atoms with Gasteiger partial charge in [0.2, 0.25) is 11.8 Å². The predicted molar refractivity (Wildman–Crippen MR) is 93.0 cm³/mol. The second-order valence-corrected chi connectivity index (χ2v) is 5.88. The van der Waals surface area contributed by atoms with E-state index in [1.54, 1.807) is 0 Å². The van der Waals surface area contributed by atoms with Crippen LogP contribution in [0.2, 0.25) is 0 Å². The van der Waals surface area contributed by atoms with Gasteiger partial charge in [-0.05, 0) is 12.8 Å². The molecule has 0 aromatic rings. The minimum atomic E-state index is -0.845. The fraction of sp³-hybridized carbons (Fsp3) is 0.625. The third-order valence-corrected chi connectivity index (χ3v) is 3.81. The van der Waals surface area contributed by atoms with E-state index in [1.165, 1.54) is 0 Å². The average molecular weight is 406 g/mol. The molecule has 2 N–H and O–H groups in total. The van der Waals surface area contributed by atoms with Crippen LogP contribution in [0.15, 0.2) is 9.98 Å². The molecular formula is C16H22CaN4O6. The third kappa shape index (κ3) is 8.35. The summed E-state index contributed by atoms with van der Waals surface area (Å²) >= 11 is 0. The number of hydrogen-bond donors (Lipinski definition) is 2. The van der Waals surface area contributed by atoms with Crippen LogP contribution in [0, 0.1) is 11.8 Å². The maximum atomic E-state index is 11.1. The quantitative estimate of drug-likeness (QED) is 0.381. The van der Waals surface area contributed by atoms with E-state index >= 15 is 0 Å². The van der Waals surface area contributed by atoms with Crippen molar-refractivity contribution in [2.24, 2.45) is 21.8 Å². The third-order valence-electron chi connectivity index (χ3n) is 3.81. The minimum Gasteiger partial charge on any atom is -0.846 e. The van der Waals surface area contributed by atoms with Crippen molar-refractivity contribution < 1.29 is 29.4 Å². The Morgan fingerprint density at radius 3 is 1.37 bits per heavy atom. The van der Waals surface area contributed by atoms with E-state index in [4.69, 9.17) is 0 Å². The molecule has 0 aliphatic carbocycles. The molecule has 2 heterocycles. The first-order valence-electron chi connectivity index (χ1n) is 8.50. The number of carbonyl (C=O) groups excluding carboxylic acids is 4. The second kappa shape index (κ2) is 12.8. The second-order valence-electron chi connectivity index (χ2n) is 5.88. The molecule has 2 rings (SSSR count). The van der Waals surface area contributed by atoms with Crippen LogP contribution in [0.1, 0.15) is 52.4 Å². The van der Waals surface area contributed by atoms with Gasteiger partial charge < -0.3 is 20.8 Å². The van der Waals surface area contributed by atoms with E-state index in [1.807, 2.05) is 24.5 Å². The molecule has 0 bridgehead atoms. The number of unbranched alkanes of at least 4 members (excludes halogenated alkanes) is 2. The van der Waals surface area contributed by atoms with E-state index in [9.17, 15) is 29.4 Å². The maximum absolute atomic E-state index is 11.1. The number of rotatable bonds is 6. The molecule has 27 heavy (non-hydrogen) atoms. The van der Waals surface area contributed by atoms with E-state index in [-0.39, 0.29) is 37.7 Å². The summed E-state index contributed by atoms with van der Waals surface area (Å²) in [5, 5.41) is 25.2. The molecular weight excluding hydrogens is 384 g/mol. The topological polar surface area (TPSA) is 163 Å². The van der Waals surface area contributed by atoms with Crippen molar-refractivity contribution in [1.29, 1.82) is 0 Å². The fourth-order valence-electron chi connectivity index (χ4n) is 2.35. The summed E-state index contributed by atoms with van der Waals surface area (Å²) in [6.07, 6.45) is 4.33. The first kappa shape index (κ1) is 25.5. The van der Waals surface area contributed by atoms with Gasteiger partial charge in [-0.2, -0.15) is 0 Å². The average Bonchev–Trinajstić information content (AvgIpc) is 2.53. The molecule has 0 saturated carbocycles.